The van der Waals surface area contributed by atoms with Crippen LogP contribution in [0.4, 0.5) is 0 Å². The summed E-state index contributed by atoms with van der Waals surface area (Å²) in [4.78, 5) is 13.8. The Kier molecular flexibility index (Phi) is 6.57. The number of aromatic nitrogens is 7. The Hall–Kier alpha value is -4.34. The van der Waals surface area contributed by atoms with E-state index in [1.54, 1.807) is 11.6 Å². The van der Waals surface area contributed by atoms with Crippen LogP contribution in [0.1, 0.15) is 38.5 Å². The van der Waals surface area contributed by atoms with Crippen molar-refractivity contribution in [3.63, 3.8) is 0 Å². The molecule has 0 atom stereocenters. The summed E-state index contributed by atoms with van der Waals surface area (Å²) in [5.41, 5.74) is 4.56. The zero-order valence-corrected chi connectivity index (χ0v) is 20.7. The van der Waals surface area contributed by atoms with E-state index in [1.165, 1.54) is 6.33 Å². The molecule has 1 aromatic carbocycles. The predicted octanol–water partition coefficient (Wildman–Crippen LogP) is 4.93. The van der Waals surface area contributed by atoms with Crippen LogP contribution in [-0.4, -0.2) is 41.0 Å². The molecule has 6 rings (SSSR count). The number of aryl methyl sites for hydroxylation is 2. The van der Waals surface area contributed by atoms with E-state index < -0.39 is 0 Å². The van der Waals surface area contributed by atoms with Gasteiger partial charge >= 0.3 is 0 Å². The van der Waals surface area contributed by atoms with Gasteiger partial charge in [0.25, 0.3) is 11.8 Å². The molecule has 0 bridgehead atoms. The van der Waals surface area contributed by atoms with E-state index in [-0.39, 0.29) is 12.7 Å². The van der Waals surface area contributed by atoms with Crippen molar-refractivity contribution in [3.05, 3.63) is 60.7 Å². The van der Waals surface area contributed by atoms with Crippen molar-refractivity contribution in [3.8, 4) is 34.1 Å². The molecular formula is C26H27N7O3. The molecule has 1 aliphatic rings. The van der Waals surface area contributed by atoms with Gasteiger partial charge in [-0.3, -0.25) is 4.68 Å². The molecule has 0 radical (unpaired) electrons. The molecule has 0 amide bonds. The third kappa shape index (κ3) is 4.88. The number of benzene rings is 1. The highest BCUT2D eigenvalue weighted by molar-refractivity contribution is 5.94. The molecule has 36 heavy (non-hydrogen) atoms. The molecule has 0 aliphatic heterocycles. The number of nitrogens with zero attached hydrogens (tertiary/aromatic N) is 7. The van der Waals surface area contributed by atoms with Crippen molar-refractivity contribution in [2.75, 3.05) is 0 Å². The lowest BCUT2D eigenvalue weighted by Gasteiger charge is -2.13. The van der Waals surface area contributed by atoms with Crippen molar-refractivity contribution in [2.45, 2.75) is 46.3 Å². The van der Waals surface area contributed by atoms with E-state index in [1.807, 2.05) is 63.5 Å². The Balaban J connectivity index is 0.00000130. The number of ether oxygens (including phenoxy) is 2. The summed E-state index contributed by atoms with van der Waals surface area (Å²) in [6.45, 7) is 5.81. The summed E-state index contributed by atoms with van der Waals surface area (Å²) < 4.78 is 19.2. The molecule has 1 aliphatic carbocycles. The van der Waals surface area contributed by atoms with Crippen molar-refractivity contribution < 1.29 is 13.9 Å². The highest BCUT2D eigenvalue weighted by Gasteiger charge is 2.27. The molecule has 5 aromatic rings. The van der Waals surface area contributed by atoms with Gasteiger partial charge in [-0.1, -0.05) is 44.2 Å². The number of pyridine rings is 1. The molecule has 184 valence electrons. The van der Waals surface area contributed by atoms with Gasteiger partial charge in [-0.25, -0.2) is 15.0 Å². The van der Waals surface area contributed by atoms with Gasteiger partial charge in [0.05, 0.1) is 11.6 Å². The first-order valence-electron chi connectivity index (χ1n) is 12.0. The minimum Gasteiger partial charge on any atom is -0.485 e. The highest BCUT2D eigenvalue weighted by atomic mass is 16.5. The minimum atomic E-state index is 0.0750. The standard InChI is InChI=1S/C24H21N7O3.C2H6/c1-14-28-29-20(33-14)12-32-24-19(34-16-8-9-16)10-18-23(27-24)22(26-13-25-18)17-11-31(2)30-21(17)15-6-4-3-5-7-15;1-2/h3-7,10-11,13,16H,8-9,12H2,1-2H3;1-2H3. The molecular weight excluding hydrogens is 458 g/mol. The molecule has 0 unspecified atom stereocenters. The second-order valence-electron chi connectivity index (χ2n) is 8.13. The van der Waals surface area contributed by atoms with Crippen LogP contribution in [0.3, 0.4) is 0 Å². The van der Waals surface area contributed by atoms with Crippen molar-refractivity contribution in [2.24, 2.45) is 7.05 Å². The van der Waals surface area contributed by atoms with Crippen LogP contribution in [0.2, 0.25) is 0 Å². The van der Waals surface area contributed by atoms with Crippen molar-refractivity contribution >= 4 is 11.0 Å². The van der Waals surface area contributed by atoms with Gasteiger partial charge in [-0.05, 0) is 12.8 Å². The number of fused-ring (bicyclic) bond motifs is 1. The number of hydrogen-bond acceptors (Lipinski definition) is 9. The second kappa shape index (κ2) is 10.1. The van der Waals surface area contributed by atoms with Crippen LogP contribution < -0.4 is 9.47 Å². The van der Waals surface area contributed by atoms with Crippen LogP contribution in [0.25, 0.3) is 33.5 Å². The monoisotopic (exact) mass is 485 g/mol. The minimum absolute atomic E-state index is 0.0750. The van der Waals surface area contributed by atoms with Crippen LogP contribution in [-0.2, 0) is 13.7 Å². The fourth-order valence-corrected chi connectivity index (χ4v) is 3.70. The first kappa shape index (κ1) is 23.4. The summed E-state index contributed by atoms with van der Waals surface area (Å²) in [6, 6.07) is 11.8. The molecule has 4 heterocycles. The third-order valence-electron chi connectivity index (χ3n) is 5.39. The van der Waals surface area contributed by atoms with Gasteiger partial charge in [0.15, 0.2) is 12.4 Å². The van der Waals surface area contributed by atoms with Crippen molar-refractivity contribution in [1.82, 2.24) is 34.9 Å². The summed E-state index contributed by atoms with van der Waals surface area (Å²) in [5, 5.41) is 12.5. The van der Waals surface area contributed by atoms with Gasteiger partial charge in [0.2, 0.25) is 5.89 Å². The molecule has 10 nitrogen and oxygen atoms in total. The Labute approximate surface area is 208 Å². The summed E-state index contributed by atoms with van der Waals surface area (Å²) in [6.07, 6.45) is 5.64. The average molecular weight is 486 g/mol. The maximum atomic E-state index is 6.07. The van der Waals surface area contributed by atoms with E-state index >= 15 is 0 Å². The van der Waals surface area contributed by atoms with Crippen LogP contribution in [0.5, 0.6) is 11.6 Å². The molecule has 1 saturated carbocycles. The smallest absolute Gasteiger partial charge is 0.258 e. The largest absolute Gasteiger partial charge is 0.485 e. The lowest BCUT2D eigenvalue weighted by Crippen LogP contribution is -2.05. The van der Waals surface area contributed by atoms with Crippen molar-refractivity contribution in [1.29, 1.82) is 0 Å². The summed E-state index contributed by atoms with van der Waals surface area (Å²) in [7, 11) is 1.88. The fourth-order valence-electron chi connectivity index (χ4n) is 3.70. The lowest BCUT2D eigenvalue weighted by atomic mass is 10.0. The van der Waals surface area contributed by atoms with E-state index in [4.69, 9.17) is 18.9 Å². The highest BCUT2D eigenvalue weighted by Crippen LogP contribution is 2.38. The fraction of sp³-hybridized carbons (Fsp3) is 0.308. The first-order valence-corrected chi connectivity index (χ1v) is 12.0. The average Bonchev–Trinajstić information content (AvgIpc) is 3.49. The number of rotatable bonds is 7. The van der Waals surface area contributed by atoms with E-state index in [0.29, 0.717) is 40.1 Å². The maximum Gasteiger partial charge on any atom is 0.258 e. The summed E-state index contributed by atoms with van der Waals surface area (Å²) >= 11 is 0. The zero-order valence-electron chi connectivity index (χ0n) is 20.7. The van der Waals surface area contributed by atoms with Crippen LogP contribution in [0, 0.1) is 6.92 Å². The van der Waals surface area contributed by atoms with E-state index in [2.05, 4.69) is 25.3 Å². The Morgan fingerprint density at radius 2 is 1.86 bits per heavy atom. The normalized spacial score (nSPS) is 12.8. The van der Waals surface area contributed by atoms with Crippen LogP contribution >= 0.6 is 0 Å². The third-order valence-corrected chi connectivity index (χ3v) is 5.39. The van der Waals surface area contributed by atoms with Crippen LogP contribution in [0.15, 0.2) is 53.3 Å². The Morgan fingerprint density at radius 1 is 1.06 bits per heavy atom. The number of hydrogen-bond donors (Lipinski definition) is 0. The molecule has 0 N–H and O–H groups in total. The molecule has 4 aromatic heterocycles. The summed E-state index contributed by atoms with van der Waals surface area (Å²) in [5.74, 6) is 1.70. The van der Waals surface area contributed by atoms with Gasteiger partial charge < -0.3 is 13.9 Å². The molecule has 1 fully saturated rings. The quantitative estimate of drug-likeness (QED) is 0.316. The topological polar surface area (TPSA) is 114 Å². The second-order valence-corrected chi connectivity index (χ2v) is 8.13. The van der Waals surface area contributed by atoms with Gasteiger partial charge in [0.1, 0.15) is 23.2 Å². The van der Waals surface area contributed by atoms with Gasteiger partial charge in [-0.2, -0.15) is 5.10 Å². The van der Waals surface area contributed by atoms with E-state index in [0.717, 1.165) is 29.7 Å². The van der Waals surface area contributed by atoms with E-state index in [9.17, 15) is 0 Å². The first-order chi connectivity index (χ1) is 17.6. The molecule has 10 heteroatoms. The molecule has 0 saturated heterocycles. The predicted molar refractivity (Wildman–Crippen MR) is 133 cm³/mol. The maximum absolute atomic E-state index is 6.07. The SMILES string of the molecule is CC.Cc1nnc(COc2nc3c(-c4cn(C)nc4-c4ccccc4)ncnc3cc2OC2CC2)o1. The van der Waals surface area contributed by atoms with Gasteiger partial charge in [0, 0.05) is 37.4 Å². The van der Waals surface area contributed by atoms with Gasteiger partial charge in [-0.15, -0.1) is 10.2 Å². The zero-order chi connectivity index (χ0) is 25.1. The Morgan fingerprint density at radius 3 is 2.58 bits per heavy atom. The molecule has 0 spiro atoms. The Bertz CT molecular complexity index is 1480. The lowest BCUT2D eigenvalue weighted by molar-refractivity contribution is 0.225.